The summed E-state index contributed by atoms with van der Waals surface area (Å²) in [4.78, 5) is 10.5. The van der Waals surface area contributed by atoms with Crippen LogP contribution < -0.4 is 0 Å². The van der Waals surface area contributed by atoms with Gasteiger partial charge in [-0.3, -0.25) is 4.52 Å². The molecule has 2 unspecified atom stereocenters. The molecule has 0 amide bonds. The van der Waals surface area contributed by atoms with Gasteiger partial charge in [-0.15, -0.1) is 0 Å². The zero-order valence-electron chi connectivity index (χ0n) is 7.19. The van der Waals surface area contributed by atoms with E-state index in [4.69, 9.17) is 4.52 Å². The second-order valence-corrected chi connectivity index (χ2v) is 3.73. The fourth-order valence-electron chi connectivity index (χ4n) is 0.673. The first-order valence-electron chi connectivity index (χ1n) is 3.79. The Bertz CT molecular complexity index is 249. The van der Waals surface area contributed by atoms with Crippen LogP contribution in [-0.4, -0.2) is 18.6 Å². The molecule has 0 aromatic rings. The van der Waals surface area contributed by atoms with Crippen LogP contribution in [0.1, 0.15) is 13.3 Å². The van der Waals surface area contributed by atoms with Crippen molar-refractivity contribution in [3.63, 3.8) is 0 Å². The number of allylic oxidation sites excluding steroid dienone is 1. The summed E-state index contributed by atoms with van der Waals surface area (Å²) < 4.78 is 25.2. The summed E-state index contributed by atoms with van der Waals surface area (Å²) in [6.45, 7) is 5.32. The zero-order valence-corrected chi connectivity index (χ0v) is 8.08. The van der Waals surface area contributed by atoms with E-state index >= 15 is 0 Å². The minimum Gasteiger partial charge on any atom is -0.425 e. The van der Waals surface area contributed by atoms with Gasteiger partial charge in [0.25, 0.3) is 0 Å². The van der Waals surface area contributed by atoms with Gasteiger partial charge in [0.15, 0.2) is 12.4 Å². The van der Waals surface area contributed by atoms with Gasteiger partial charge in [-0.25, -0.2) is 4.79 Å². The second kappa shape index (κ2) is 4.23. The van der Waals surface area contributed by atoms with Gasteiger partial charge >= 0.3 is 20.0 Å². The number of ether oxygens (including phenoxy) is 2. The van der Waals surface area contributed by atoms with Crippen LogP contribution in [0.5, 0.6) is 0 Å². The molecule has 1 heterocycles. The highest BCUT2D eigenvalue weighted by Gasteiger charge is 2.44. The van der Waals surface area contributed by atoms with Crippen molar-refractivity contribution >= 4 is 14.2 Å². The van der Waals surface area contributed by atoms with E-state index < -0.39 is 20.0 Å². The molecule has 0 aliphatic carbocycles. The summed E-state index contributed by atoms with van der Waals surface area (Å²) in [7, 11) is -2.07. The summed E-state index contributed by atoms with van der Waals surface area (Å²) in [6, 6.07) is 0. The molecule has 0 saturated carbocycles. The topological polar surface area (TPSA) is 61.8 Å². The maximum absolute atomic E-state index is 11.3. The smallest absolute Gasteiger partial charge is 0.425 e. The van der Waals surface area contributed by atoms with Gasteiger partial charge in [0.05, 0.1) is 0 Å². The molecule has 1 aliphatic rings. The van der Waals surface area contributed by atoms with Crippen LogP contribution in [0.25, 0.3) is 0 Å². The van der Waals surface area contributed by atoms with Crippen molar-refractivity contribution < 1.29 is 23.4 Å². The number of rotatable bonds is 4. The molecular formula is C7H10O5P+. The van der Waals surface area contributed by atoms with E-state index in [0.717, 1.165) is 0 Å². The van der Waals surface area contributed by atoms with Crippen molar-refractivity contribution in [1.29, 1.82) is 0 Å². The van der Waals surface area contributed by atoms with E-state index in [9.17, 15) is 9.36 Å². The number of hydrogen-bond donors (Lipinski definition) is 0. The Balaban J connectivity index is 2.40. The summed E-state index contributed by atoms with van der Waals surface area (Å²) in [5.74, 6) is -0.394. The number of carbonyl (C=O) groups is 1. The molecule has 0 spiro atoms. The summed E-state index contributed by atoms with van der Waals surface area (Å²) in [6.07, 6.45) is -0.234. The van der Waals surface area contributed by atoms with Crippen molar-refractivity contribution in [2.75, 3.05) is 6.61 Å². The Morgan fingerprint density at radius 1 is 1.85 bits per heavy atom. The van der Waals surface area contributed by atoms with E-state index in [0.29, 0.717) is 12.2 Å². The first-order chi connectivity index (χ1) is 6.13. The Morgan fingerprint density at radius 2 is 2.54 bits per heavy atom. The van der Waals surface area contributed by atoms with Gasteiger partial charge in [-0.05, 0) is 4.57 Å². The molecule has 1 rings (SSSR count). The standard InChI is InChI=1S/C7H10O5P/c1-3-5(2)12-13(9)6-4-10-7(8)11-6/h6H,2-4H2,1H3/q+1. The third kappa shape index (κ3) is 2.70. The van der Waals surface area contributed by atoms with Crippen LogP contribution in [0.4, 0.5) is 4.79 Å². The maximum Gasteiger partial charge on any atom is 0.605 e. The lowest BCUT2D eigenvalue weighted by Gasteiger charge is -1.95. The van der Waals surface area contributed by atoms with Crippen molar-refractivity contribution in [3.8, 4) is 0 Å². The van der Waals surface area contributed by atoms with Crippen LogP contribution >= 0.6 is 8.03 Å². The molecule has 1 fully saturated rings. The van der Waals surface area contributed by atoms with Gasteiger partial charge in [0.1, 0.15) is 0 Å². The Labute approximate surface area is 76.5 Å². The van der Waals surface area contributed by atoms with Crippen LogP contribution in [0.15, 0.2) is 12.3 Å². The van der Waals surface area contributed by atoms with Gasteiger partial charge in [0, 0.05) is 6.42 Å². The van der Waals surface area contributed by atoms with Gasteiger partial charge in [-0.2, -0.15) is 0 Å². The van der Waals surface area contributed by atoms with E-state index in [1.807, 2.05) is 6.92 Å². The fraction of sp³-hybridized carbons (Fsp3) is 0.571. The molecule has 6 heteroatoms. The lowest BCUT2D eigenvalue weighted by atomic mass is 10.4. The fourth-order valence-corrected chi connectivity index (χ4v) is 1.54. The molecule has 0 aromatic carbocycles. The molecule has 72 valence electrons. The van der Waals surface area contributed by atoms with Crippen LogP contribution in [0.3, 0.4) is 0 Å². The lowest BCUT2D eigenvalue weighted by molar-refractivity contribution is 0.127. The van der Waals surface area contributed by atoms with E-state index in [2.05, 4.69) is 16.1 Å². The predicted molar refractivity (Wildman–Crippen MR) is 44.3 cm³/mol. The molecule has 0 aromatic heterocycles. The van der Waals surface area contributed by atoms with E-state index in [1.165, 1.54) is 0 Å². The lowest BCUT2D eigenvalue weighted by Crippen LogP contribution is -2.04. The molecule has 5 nitrogen and oxygen atoms in total. The highest BCUT2D eigenvalue weighted by atomic mass is 31.1. The molecule has 0 bridgehead atoms. The highest BCUT2D eigenvalue weighted by molar-refractivity contribution is 7.40. The largest absolute Gasteiger partial charge is 0.605 e. The predicted octanol–water partition coefficient (Wildman–Crippen LogP) is 2.16. The van der Waals surface area contributed by atoms with Gasteiger partial charge < -0.3 is 9.47 Å². The average Bonchev–Trinajstić information content (AvgIpc) is 2.51. The van der Waals surface area contributed by atoms with Gasteiger partial charge in [-0.1, -0.05) is 13.5 Å². The summed E-state index contributed by atoms with van der Waals surface area (Å²) in [5, 5.41) is 0. The quantitative estimate of drug-likeness (QED) is 0.399. The third-order valence-corrected chi connectivity index (χ3v) is 2.59. The van der Waals surface area contributed by atoms with Gasteiger partial charge in [0.2, 0.25) is 0 Å². The molecule has 1 aliphatic heterocycles. The van der Waals surface area contributed by atoms with Crippen LogP contribution in [0.2, 0.25) is 0 Å². The Hall–Kier alpha value is -1.09. The Morgan fingerprint density at radius 3 is 3.00 bits per heavy atom. The van der Waals surface area contributed by atoms with Crippen molar-refractivity contribution in [2.45, 2.75) is 19.2 Å². The molecule has 2 atom stereocenters. The SMILES string of the molecule is C=C(CC)O[P+](=O)C1COC(=O)O1. The molecule has 1 saturated heterocycles. The Kier molecular flexibility index (Phi) is 3.25. The number of carbonyl (C=O) groups excluding carboxylic acids is 1. The van der Waals surface area contributed by atoms with Crippen LogP contribution in [-0.2, 0) is 18.6 Å². The zero-order chi connectivity index (χ0) is 9.84. The minimum absolute atomic E-state index is 0.0228. The van der Waals surface area contributed by atoms with E-state index in [-0.39, 0.29) is 6.61 Å². The van der Waals surface area contributed by atoms with Crippen molar-refractivity contribution in [1.82, 2.24) is 0 Å². The monoisotopic (exact) mass is 205 g/mol. The van der Waals surface area contributed by atoms with Crippen LogP contribution in [0, 0.1) is 0 Å². The molecule has 0 N–H and O–H groups in total. The molecule has 0 radical (unpaired) electrons. The first kappa shape index (κ1) is 9.99. The normalized spacial score (nSPS) is 21.8. The minimum atomic E-state index is -2.07. The van der Waals surface area contributed by atoms with Crippen molar-refractivity contribution in [2.24, 2.45) is 0 Å². The second-order valence-electron chi connectivity index (χ2n) is 2.40. The third-order valence-electron chi connectivity index (χ3n) is 1.42. The average molecular weight is 205 g/mol. The van der Waals surface area contributed by atoms with E-state index in [1.54, 1.807) is 0 Å². The highest BCUT2D eigenvalue weighted by Crippen LogP contribution is 2.36. The first-order valence-corrected chi connectivity index (χ1v) is 5.03. The maximum atomic E-state index is 11.3. The summed E-state index contributed by atoms with van der Waals surface area (Å²) in [5.41, 5.74) is 0. The molecular weight excluding hydrogens is 195 g/mol. The molecule has 13 heavy (non-hydrogen) atoms. The van der Waals surface area contributed by atoms with Crippen molar-refractivity contribution in [3.05, 3.63) is 12.3 Å². The summed E-state index contributed by atoms with van der Waals surface area (Å²) >= 11 is 0. The number of cyclic esters (lactones) is 2. The number of hydrogen-bond acceptors (Lipinski definition) is 5.